The number of carbonyl (C=O) groups is 2. The van der Waals surface area contributed by atoms with Crippen LogP contribution in [0.3, 0.4) is 0 Å². The Kier molecular flexibility index (Phi) is 21.4. The molecule has 0 fully saturated rings. The van der Waals surface area contributed by atoms with E-state index in [-0.39, 0.29) is 23.5 Å². The molecular weight excluding hydrogens is 260 g/mol. The van der Waals surface area contributed by atoms with E-state index in [0.29, 0.717) is 0 Å². The van der Waals surface area contributed by atoms with Gasteiger partial charge in [-0.15, -0.1) is 0 Å². The Hall–Kier alpha value is -0.801. The fourth-order valence-corrected chi connectivity index (χ4v) is 0.873. The van der Waals surface area contributed by atoms with Crippen molar-refractivity contribution in [1.29, 1.82) is 0 Å². The van der Waals surface area contributed by atoms with Crippen LogP contribution < -0.4 is 10.2 Å². The van der Waals surface area contributed by atoms with Gasteiger partial charge < -0.3 is 19.8 Å². The molecule has 0 aliphatic heterocycles. The molecule has 0 N–H and O–H groups in total. The summed E-state index contributed by atoms with van der Waals surface area (Å²) in [6, 6.07) is 0. The average molecular weight is 278 g/mol. The Morgan fingerprint density at radius 1 is 1.12 bits per heavy atom. The monoisotopic (exact) mass is 277 g/mol. The van der Waals surface area contributed by atoms with Crippen LogP contribution in [0.1, 0.15) is 45.4 Å². The molecule has 1 radical (unpaired) electrons. The van der Waals surface area contributed by atoms with Gasteiger partial charge in [0, 0.05) is 5.97 Å². The topological polar surface area (TPSA) is 80.3 Å². The van der Waals surface area contributed by atoms with Crippen LogP contribution in [0.2, 0.25) is 0 Å². The summed E-state index contributed by atoms with van der Waals surface area (Å²) >= 11 is 0. The largest absolute Gasteiger partial charge is 2.00 e. The van der Waals surface area contributed by atoms with Crippen LogP contribution in [0.4, 0.5) is 0 Å². The first kappa shape index (κ1) is 20.6. The van der Waals surface area contributed by atoms with Crippen molar-refractivity contribution in [1.82, 2.24) is 0 Å². The molecule has 0 aliphatic rings. The van der Waals surface area contributed by atoms with Gasteiger partial charge in [0.25, 0.3) is 0 Å². The van der Waals surface area contributed by atoms with Crippen molar-refractivity contribution >= 4 is 11.9 Å². The molecule has 0 aromatic carbocycles. The molecule has 0 atom stereocenters. The van der Waals surface area contributed by atoms with Crippen LogP contribution in [0.25, 0.3) is 0 Å². The van der Waals surface area contributed by atoms with Crippen LogP contribution in [0.5, 0.6) is 0 Å². The SMILES string of the molecule is C=CC(=O)[O-].CCCCCCCC(=O)[O-].[Cu+2]. The molecule has 0 aromatic rings. The first-order valence-corrected chi connectivity index (χ1v) is 5.07. The van der Waals surface area contributed by atoms with Crippen molar-refractivity contribution < 1.29 is 36.9 Å². The second-order valence-corrected chi connectivity index (χ2v) is 3.06. The third kappa shape index (κ3) is 29.2. The van der Waals surface area contributed by atoms with E-state index in [1.807, 2.05) is 0 Å². The van der Waals surface area contributed by atoms with Gasteiger partial charge >= 0.3 is 17.1 Å². The average Bonchev–Trinajstić information content (AvgIpc) is 2.18. The summed E-state index contributed by atoms with van der Waals surface area (Å²) < 4.78 is 0. The Bertz CT molecular complexity index is 192. The van der Waals surface area contributed by atoms with Gasteiger partial charge in [-0.05, 0) is 18.9 Å². The molecule has 0 bridgehead atoms. The Morgan fingerprint density at radius 3 is 1.88 bits per heavy atom. The fraction of sp³-hybridized carbons (Fsp3) is 0.636. The van der Waals surface area contributed by atoms with E-state index >= 15 is 0 Å². The molecule has 0 rings (SSSR count). The maximum absolute atomic E-state index is 9.92. The number of carbonyl (C=O) groups excluding carboxylic acids is 2. The molecular formula is C11H18CuO4. The third-order valence-electron chi connectivity index (χ3n) is 1.65. The summed E-state index contributed by atoms with van der Waals surface area (Å²) in [6.07, 6.45) is 6.33. The molecule has 0 saturated carbocycles. The zero-order chi connectivity index (χ0) is 12.1. The van der Waals surface area contributed by atoms with Gasteiger partial charge in [0.15, 0.2) is 0 Å². The zero-order valence-electron chi connectivity index (χ0n) is 9.46. The third-order valence-corrected chi connectivity index (χ3v) is 1.65. The molecule has 0 unspecified atom stereocenters. The normalized spacial score (nSPS) is 8.06. The number of unbranched alkanes of at least 4 members (excludes halogenated alkanes) is 4. The van der Waals surface area contributed by atoms with Crippen molar-refractivity contribution in [2.45, 2.75) is 45.4 Å². The second-order valence-electron chi connectivity index (χ2n) is 3.06. The van der Waals surface area contributed by atoms with E-state index in [1.165, 1.54) is 12.8 Å². The van der Waals surface area contributed by atoms with E-state index in [1.54, 1.807) is 0 Å². The summed E-state index contributed by atoms with van der Waals surface area (Å²) in [5.41, 5.74) is 0. The van der Waals surface area contributed by atoms with Crippen LogP contribution in [-0.2, 0) is 26.7 Å². The first-order valence-electron chi connectivity index (χ1n) is 5.07. The van der Waals surface area contributed by atoms with Gasteiger partial charge in [-0.25, -0.2) is 0 Å². The molecule has 0 spiro atoms. The van der Waals surface area contributed by atoms with E-state index in [2.05, 4.69) is 13.5 Å². The first-order chi connectivity index (χ1) is 7.04. The number of carboxylic acids is 2. The van der Waals surface area contributed by atoms with Crippen LogP contribution in [0.15, 0.2) is 12.7 Å². The molecule has 0 saturated heterocycles. The zero-order valence-corrected chi connectivity index (χ0v) is 10.4. The van der Waals surface area contributed by atoms with Crippen LogP contribution in [0, 0.1) is 0 Å². The molecule has 16 heavy (non-hydrogen) atoms. The molecule has 97 valence electrons. The van der Waals surface area contributed by atoms with E-state index < -0.39 is 11.9 Å². The smallest absolute Gasteiger partial charge is 0.550 e. The Labute approximate surface area is 107 Å². The Morgan fingerprint density at radius 2 is 1.56 bits per heavy atom. The van der Waals surface area contributed by atoms with E-state index in [0.717, 1.165) is 25.3 Å². The quantitative estimate of drug-likeness (QED) is 0.373. The molecule has 0 amide bonds. The fourth-order valence-electron chi connectivity index (χ4n) is 0.873. The standard InChI is InChI=1S/C8H16O2.C3H4O2.Cu/c1-2-3-4-5-6-7-8(9)10;1-2-3(4)5;/h2-7H2,1H3,(H,9,10);2H,1H2,(H,4,5);/q;;+2/p-2. The number of rotatable bonds is 7. The van der Waals surface area contributed by atoms with Crippen LogP contribution in [-0.4, -0.2) is 11.9 Å². The predicted molar refractivity (Wildman–Crippen MR) is 53.6 cm³/mol. The maximum Gasteiger partial charge on any atom is 2.00 e. The molecule has 4 nitrogen and oxygen atoms in total. The van der Waals surface area contributed by atoms with Gasteiger partial charge in [0.05, 0.1) is 5.97 Å². The van der Waals surface area contributed by atoms with Crippen molar-refractivity contribution in [2.75, 3.05) is 0 Å². The number of hydrogen-bond donors (Lipinski definition) is 0. The van der Waals surface area contributed by atoms with Gasteiger partial charge in [0.1, 0.15) is 0 Å². The number of aliphatic carboxylic acids is 2. The van der Waals surface area contributed by atoms with Crippen molar-refractivity contribution in [3.63, 3.8) is 0 Å². The van der Waals surface area contributed by atoms with Crippen molar-refractivity contribution in [3.05, 3.63) is 12.7 Å². The minimum atomic E-state index is -1.23. The van der Waals surface area contributed by atoms with E-state index in [4.69, 9.17) is 9.90 Å². The number of carboxylic acid groups (broad SMARTS) is 2. The summed E-state index contributed by atoms with van der Waals surface area (Å²) in [4.78, 5) is 19.1. The van der Waals surface area contributed by atoms with Gasteiger partial charge in [0.2, 0.25) is 0 Å². The molecule has 5 heteroatoms. The Balaban J connectivity index is -0.000000242. The maximum atomic E-state index is 9.92. The van der Waals surface area contributed by atoms with Gasteiger partial charge in [-0.3, -0.25) is 0 Å². The van der Waals surface area contributed by atoms with E-state index in [9.17, 15) is 9.90 Å². The second kappa shape index (κ2) is 16.6. The van der Waals surface area contributed by atoms with Crippen molar-refractivity contribution in [2.24, 2.45) is 0 Å². The van der Waals surface area contributed by atoms with Crippen LogP contribution >= 0.6 is 0 Å². The molecule has 0 aromatic heterocycles. The summed E-state index contributed by atoms with van der Waals surface area (Å²) in [7, 11) is 0. The molecule has 0 heterocycles. The number of hydrogen-bond acceptors (Lipinski definition) is 4. The predicted octanol–water partition coefficient (Wildman–Crippen LogP) is 0.0166. The summed E-state index contributed by atoms with van der Waals surface area (Å²) in [5, 5.41) is 19.1. The van der Waals surface area contributed by atoms with Gasteiger partial charge in [-0.1, -0.05) is 39.2 Å². The summed E-state index contributed by atoms with van der Waals surface area (Å²) in [6.45, 7) is 5.04. The van der Waals surface area contributed by atoms with Gasteiger partial charge in [-0.2, -0.15) is 0 Å². The molecule has 0 aliphatic carbocycles. The minimum absolute atomic E-state index is 0. The minimum Gasteiger partial charge on any atom is -0.550 e. The van der Waals surface area contributed by atoms with Crippen molar-refractivity contribution in [3.8, 4) is 0 Å². The summed E-state index contributed by atoms with van der Waals surface area (Å²) in [5.74, 6) is -2.15.